The van der Waals surface area contributed by atoms with Gasteiger partial charge in [0.05, 0.1) is 0 Å². The largest absolute Gasteiger partial charge is 0.454 e. The smallest absolute Gasteiger partial charge is 0.231 e. The molecule has 0 spiro atoms. The molecule has 0 fully saturated rings. The van der Waals surface area contributed by atoms with Crippen LogP contribution in [0, 0.1) is 5.82 Å². The van der Waals surface area contributed by atoms with E-state index in [9.17, 15) is 4.39 Å². The molecule has 0 bridgehead atoms. The predicted octanol–water partition coefficient (Wildman–Crippen LogP) is 2.89. The van der Waals surface area contributed by atoms with E-state index in [4.69, 9.17) is 9.47 Å². The first-order valence-corrected chi connectivity index (χ1v) is 6.65. The van der Waals surface area contributed by atoms with Crippen molar-refractivity contribution in [2.75, 3.05) is 13.3 Å². The first-order chi connectivity index (χ1) is 9.81. The van der Waals surface area contributed by atoms with Gasteiger partial charge in [-0.3, -0.25) is 0 Å². The Morgan fingerprint density at radius 2 is 1.70 bits per heavy atom. The maximum atomic E-state index is 12.8. The van der Waals surface area contributed by atoms with Gasteiger partial charge in [-0.25, -0.2) is 4.39 Å². The molecular formula is C16H16FNO2. The van der Waals surface area contributed by atoms with Gasteiger partial charge in [0.2, 0.25) is 6.79 Å². The summed E-state index contributed by atoms with van der Waals surface area (Å²) in [6.07, 6.45) is 0.880. The molecule has 0 unspecified atom stereocenters. The van der Waals surface area contributed by atoms with Crippen LogP contribution in [0.3, 0.4) is 0 Å². The number of nitrogens with one attached hydrogen (secondary N) is 1. The van der Waals surface area contributed by atoms with Crippen LogP contribution in [0.5, 0.6) is 11.5 Å². The number of halogens is 1. The van der Waals surface area contributed by atoms with Crippen molar-refractivity contribution in [3.8, 4) is 11.5 Å². The summed E-state index contributed by atoms with van der Waals surface area (Å²) in [7, 11) is 0. The number of benzene rings is 2. The number of rotatable bonds is 5. The number of ether oxygens (including phenoxy) is 2. The lowest BCUT2D eigenvalue weighted by Gasteiger charge is -2.06. The Kier molecular flexibility index (Phi) is 3.83. The molecule has 0 saturated carbocycles. The maximum absolute atomic E-state index is 12.8. The average molecular weight is 273 g/mol. The highest BCUT2D eigenvalue weighted by Crippen LogP contribution is 2.32. The van der Waals surface area contributed by atoms with Crippen LogP contribution in [0.4, 0.5) is 4.39 Å². The molecule has 1 aliphatic rings. The Balaban J connectivity index is 1.47. The standard InChI is InChI=1S/C16H16FNO2/c17-14-4-1-12(2-5-14)7-8-18-10-13-3-6-15-16(9-13)20-11-19-15/h1-6,9,18H,7-8,10-11H2. The van der Waals surface area contributed by atoms with Gasteiger partial charge in [0, 0.05) is 6.54 Å². The Bertz CT molecular complexity index is 584. The van der Waals surface area contributed by atoms with Crippen molar-refractivity contribution >= 4 is 0 Å². The summed E-state index contributed by atoms with van der Waals surface area (Å²) in [5.41, 5.74) is 2.29. The van der Waals surface area contributed by atoms with E-state index in [1.54, 1.807) is 0 Å². The van der Waals surface area contributed by atoms with Crippen molar-refractivity contribution in [2.45, 2.75) is 13.0 Å². The van der Waals surface area contributed by atoms with Gasteiger partial charge in [0.25, 0.3) is 0 Å². The minimum atomic E-state index is -0.193. The lowest BCUT2D eigenvalue weighted by atomic mass is 10.1. The van der Waals surface area contributed by atoms with Crippen molar-refractivity contribution in [1.29, 1.82) is 0 Å². The zero-order chi connectivity index (χ0) is 13.8. The lowest BCUT2D eigenvalue weighted by molar-refractivity contribution is 0.174. The molecule has 1 aliphatic heterocycles. The predicted molar refractivity (Wildman–Crippen MR) is 74.4 cm³/mol. The van der Waals surface area contributed by atoms with E-state index in [0.29, 0.717) is 6.79 Å². The summed E-state index contributed by atoms with van der Waals surface area (Å²) in [5, 5.41) is 3.37. The highest BCUT2D eigenvalue weighted by molar-refractivity contribution is 5.44. The van der Waals surface area contributed by atoms with Crippen LogP contribution in [0.25, 0.3) is 0 Å². The van der Waals surface area contributed by atoms with E-state index >= 15 is 0 Å². The molecule has 104 valence electrons. The van der Waals surface area contributed by atoms with E-state index in [-0.39, 0.29) is 5.82 Å². The van der Waals surface area contributed by atoms with Crippen LogP contribution in [0.2, 0.25) is 0 Å². The molecule has 0 saturated heterocycles. The van der Waals surface area contributed by atoms with Crippen LogP contribution in [-0.2, 0) is 13.0 Å². The van der Waals surface area contributed by atoms with Crippen LogP contribution in [0.1, 0.15) is 11.1 Å². The van der Waals surface area contributed by atoms with Crippen LogP contribution in [-0.4, -0.2) is 13.3 Å². The summed E-state index contributed by atoms with van der Waals surface area (Å²) < 4.78 is 23.4. The van der Waals surface area contributed by atoms with Crippen LogP contribution in [0.15, 0.2) is 42.5 Å². The Labute approximate surface area is 117 Å². The summed E-state index contributed by atoms with van der Waals surface area (Å²) >= 11 is 0. The molecule has 3 rings (SSSR count). The third kappa shape index (κ3) is 3.08. The molecule has 4 heteroatoms. The van der Waals surface area contributed by atoms with E-state index < -0.39 is 0 Å². The zero-order valence-corrected chi connectivity index (χ0v) is 11.1. The van der Waals surface area contributed by atoms with Gasteiger partial charge < -0.3 is 14.8 Å². The van der Waals surface area contributed by atoms with Crippen LogP contribution < -0.4 is 14.8 Å². The number of hydrogen-bond acceptors (Lipinski definition) is 3. The molecular weight excluding hydrogens is 257 g/mol. The minimum Gasteiger partial charge on any atom is -0.454 e. The normalized spacial score (nSPS) is 12.7. The Morgan fingerprint density at radius 3 is 2.55 bits per heavy atom. The van der Waals surface area contributed by atoms with E-state index in [1.807, 2.05) is 30.3 Å². The summed E-state index contributed by atoms with van der Waals surface area (Å²) in [4.78, 5) is 0. The fraction of sp³-hybridized carbons (Fsp3) is 0.250. The third-order valence-electron chi connectivity index (χ3n) is 3.27. The topological polar surface area (TPSA) is 30.5 Å². The third-order valence-corrected chi connectivity index (χ3v) is 3.27. The van der Waals surface area contributed by atoms with Crippen molar-refractivity contribution in [1.82, 2.24) is 5.32 Å². The molecule has 0 radical (unpaired) electrons. The number of hydrogen-bond donors (Lipinski definition) is 1. The number of fused-ring (bicyclic) bond motifs is 1. The van der Waals surface area contributed by atoms with Crippen molar-refractivity contribution in [2.24, 2.45) is 0 Å². The first kappa shape index (κ1) is 12.9. The van der Waals surface area contributed by atoms with Gasteiger partial charge in [-0.1, -0.05) is 18.2 Å². The summed E-state index contributed by atoms with van der Waals surface area (Å²) in [6.45, 7) is 1.93. The second kappa shape index (κ2) is 5.92. The summed E-state index contributed by atoms with van der Waals surface area (Å²) in [6, 6.07) is 12.6. The molecule has 20 heavy (non-hydrogen) atoms. The Hall–Kier alpha value is -2.07. The molecule has 1 N–H and O–H groups in total. The highest BCUT2D eigenvalue weighted by Gasteiger charge is 2.12. The second-order valence-corrected chi connectivity index (χ2v) is 4.74. The highest BCUT2D eigenvalue weighted by atomic mass is 19.1. The van der Waals surface area contributed by atoms with Crippen molar-refractivity contribution in [3.63, 3.8) is 0 Å². The lowest BCUT2D eigenvalue weighted by Crippen LogP contribution is -2.16. The molecule has 0 aliphatic carbocycles. The second-order valence-electron chi connectivity index (χ2n) is 4.74. The maximum Gasteiger partial charge on any atom is 0.231 e. The fourth-order valence-electron chi connectivity index (χ4n) is 2.17. The van der Waals surface area contributed by atoms with Gasteiger partial charge in [0.15, 0.2) is 11.5 Å². The first-order valence-electron chi connectivity index (χ1n) is 6.65. The van der Waals surface area contributed by atoms with E-state index in [0.717, 1.165) is 42.1 Å². The molecule has 1 heterocycles. The van der Waals surface area contributed by atoms with Gasteiger partial charge in [-0.15, -0.1) is 0 Å². The van der Waals surface area contributed by atoms with Gasteiger partial charge >= 0.3 is 0 Å². The van der Waals surface area contributed by atoms with Crippen molar-refractivity contribution < 1.29 is 13.9 Å². The van der Waals surface area contributed by atoms with Crippen LogP contribution >= 0.6 is 0 Å². The monoisotopic (exact) mass is 273 g/mol. The van der Waals surface area contributed by atoms with Crippen molar-refractivity contribution in [3.05, 3.63) is 59.4 Å². The van der Waals surface area contributed by atoms with E-state index in [2.05, 4.69) is 5.32 Å². The molecule has 0 amide bonds. The fourth-order valence-corrected chi connectivity index (χ4v) is 2.17. The molecule has 0 atom stereocenters. The quantitative estimate of drug-likeness (QED) is 0.850. The average Bonchev–Trinajstić information content (AvgIpc) is 2.93. The van der Waals surface area contributed by atoms with Gasteiger partial charge in [-0.05, 0) is 48.4 Å². The Morgan fingerprint density at radius 1 is 0.950 bits per heavy atom. The SMILES string of the molecule is Fc1ccc(CCNCc2ccc3c(c2)OCO3)cc1. The molecule has 0 aromatic heterocycles. The molecule has 3 nitrogen and oxygen atoms in total. The van der Waals surface area contributed by atoms with Gasteiger partial charge in [-0.2, -0.15) is 0 Å². The zero-order valence-electron chi connectivity index (χ0n) is 11.1. The van der Waals surface area contributed by atoms with Gasteiger partial charge in [0.1, 0.15) is 5.82 Å². The summed E-state index contributed by atoms with van der Waals surface area (Å²) in [5.74, 6) is 1.42. The molecule has 2 aromatic rings. The minimum absolute atomic E-state index is 0.193. The molecule has 2 aromatic carbocycles. The van der Waals surface area contributed by atoms with E-state index in [1.165, 1.54) is 12.1 Å².